The lowest BCUT2D eigenvalue weighted by atomic mass is 10.1. The zero-order chi connectivity index (χ0) is 25.6. The largest absolute Gasteiger partial charge is 0.333 e. The van der Waals surface area contributed by atoms with E-state index in [1.165, 1.54) is 16.9 Å². The lowest BCUT2D eigenvalue weighted by molar-refractivity contribution is 0.249. The number of carbonyl (C=O) groups is 1. The van der Waals surface area contributed by atoms with E-state index in [1.807, 2.05) is 61.5 Å². The van der Waals surface area contributed by atoms with Crippen molar-refractivity contribution >= 4 is 23.4 Å². The zero-order valence-corrected chi connectivity index (χ0v) is 21.1. The highest BCUT2D eigenvalue weighted by Crippen LogP contribution is 2.28. The Kier molecular flexibility index (Phi) is 7.49. The topological polar surface area (TPSA) is 86.3 Å². The van der Waals surface area contributed by atoms with Crippen LogP contribution in [0.5, 0.6) is 0 Å². The van der Waals surface area contributed by atoms with Crippen molar-refractivity contribution in [2.45, 2.75) is 25.9 Å². The molecule has 3 heterocycles. The molecule has 1 atom stereocenters. The number of hydrogen-bond acceptors (Lipinski definition) is 6. The first-order valence-electron chi connectivity index (χ1n) is 12.5. The number of benzene rings is 2. The number of nitrogens with one attached hydrogen (secondary N) is 2. The number of urea groups is 1. The predicted octanol–water partition coefficient (Wildman–Crippen LogP) is 5.01. The highest BCUT2D eigenvalue weighted by molar-refractivity contribution is 6.06. The van der Waals surface area contributed by atoms with E-state index in [9.17, 15) is 4.79 Å². The van der Waals surface area contributed by atoms with Gasteiger partial charge in [-0.3, -0.25) is 9.88 Å². The van der Waals surface area contributed by atoms with Crippen LogP contribution in [0.4, 0.5) is 22.1 Å². The molecule has 0 aliphatic carbocycles. The van der Waals surface area contributed by atoms with Gasteiger partial charge in [-0.25, -0.2) is 19.7 Å². The van der Waals surface area contributed by atoms with Crippen LogP contribution in [0.1, 0.15) is 17.5 Å². The lowest BCUT2D eigenvalue weighted by Gasteiger charge is -2.24. The molecule has 2 N–H and O–H groups in total. The minimum absolute atomic E-state index is 0.288. The zero-order valence-electron chi connectivity index (χ0n) is 21.1. The third kappa shape index (κ3) is 5.82. The lowest BCUT2D eigenvalue weighted by Crippen LogP contribution is -2.33. The molecule has 0 spiro atoms. The fourth-order valence-corrected chi connectivity index (χ4v) is 4.56. The van der Waals surface area contributed by atoms with Crippen LogP contribution in [0.3, 0.4) is 0 Å². The summed E-state index contributed by atoms with van der Waals surface area (Å²) in [6.45, 7) is 4.94. The Bertz CT molecular complexity index is 1340. The maximum atomic E-state index is 13.7. The first kappa shape index (κ1) is 24.5. The van der Waals surface area contributed by atoms with Gasteiger partial charge in [0, 0.05) is 49.0 Å². The number of pyridine rings is 1. The monoisotopic (exact) mass is 493 g/mol. The van der Waals surface area contributed by atoms with Crippen LogP contribution in [0, 0.1) is 6.92 Å². The van der Waals surface area contributed by atoms with Crippen molar-refractivity contribution in [2.24, 2.45) is 0 Å². The number of anilines is 3. The van der Waals surface area contributed by atoms with E-state index < -0.39 is 0 Å². The molecule has 1 saturated heterocycles. The van der Waals surface area contributed by atoms with Gasteiger partial charge in [-0.1, -0.05) is 30.3 Å². The predicted molar refractivity (Wildman–Crippen MR) is 147 cm³/mol. The average molecular weight is 494 g/mol. The molecule has 0 radical (unpaired) electrons. The van der Waals surface area contributed by atoms with Gasteiger partial charge < -0.3 is 10.6 Å². The highest BCUT2D eigenvalue weighted by atomic mass is 16.2. The fraction of sp³-hybridized carbons (Fsp3) is 0.241. The van der Waals surface area contributed by atoms with Crippen LogP contribution in [-0.2, 0) is 6.54 Å². The Labute approximate surface area is 217 Å². The first-order chi connectivity index (χ1) is 18.1. The second-order valence-electron chi connectivity index (χ2n) is 9.29. The van der Waals surface area contributed by atoms with Gasteiger partial charge in [0.2, 0.25) is 5.95 Å². The fourth-order valence-electron chi connectivity index (χ4n) is 4.56. The number of para-hydroxylation sites is 1. The molecule has 1 unspecified atom stereocenters. The summed E-state index contributed by atoms with van der Waals surface area (Å²) in [5, 5.41) is 6.45. The molecule has 8 nitrogen and oxygen atoms in total. The van der Waals surface area contributed by atoms with E-state index in [1.54, 1.807) is 18.6 Å². The smallest absolute Gasteiger partial charge is 0.315 e. The van der Waals surface area contributed by atoms with Crippen LogP contribution in [0.2, 0.25) is 0 Å². The Morgan fingerprint density at radius 3 is 2.62 bits per heavy atom. The van der Waals surface area contributed by atoms with Crippen LogP contribution in [0.15, 0.2) is 85.3 Å². The SMILES string of the molecule is Cc1ccccc1N(C(=O)Nc1ccc(CN(C)C2CCNC2)cc1)c1nccc(-c2cccnc2)n1. The number of nitrogens with zero attached hydrogens (tertiary/aromatic N) is 5. The number of hydrogen-bond donors (Lipinski definition) is 2. The van der Waals surface area contributed by atoms with Gasteiger partial charge in [-0.2, -0.15) is 0 Å². The van der Waals surface area contributed by atoms with Gasteiger partial charge in [0.15, 0.2) is 0 Å². The molecule has 8 heteroatoms. The molecule has 5 rings (SSSR count). The molecular formula is C29H31N7O. The van der Waals surface area contributed by atoms with E-state index in [0.717, 1.165) is 30.8 Å². The normalized spacial score (nSPS) is 15.1. The summed E-state index contributed by atoms with van der Waals surface area (Å²) in [5.41, 5.74) is 5.11. The average Bonchev–Trinajstić information content (AvgIpc) is 3.47. The number of amides is 2. The number of rotatable bonds is 7. The number of likely N-dealkylation sites (N-methyl/N-ethyl adjacent to an activating group) is 1. The molecule has 1 aliphatic heterocycles. The summed E-state index contributed by atoms with van der Waals surface area (Å²) < 4.78 is 0. The number of aromatic nitrogens is 3. The van der Waals surface area contributed by atoms with Crippen LogP contribution in [-0.4, -0.2) is 52.1 Å². The quantitative estimate of drug-likeness (QED) is 0.376. The van der Waals surface area contributed by atoms with Crippen LogP contribution >= 0.6 is 0 Å². The highest BCUT2D eigenvalue weighted by Gasteiger charge is 2.23. The molecule has 0 saturated carbocycles. The molecule has 0 bridgehead atoms. The Balaban J connectivity index is 1.38. The molecule has 37 heavy (non-hydrogen) atoms. The van der Waals surface area contributed by atoms with Gasteiger partial charge in [-0.15, -0.1) is 0 Å². The molecule has 2 aromatic carbocycles. The molecular weight excluding hydrogens is 462 g/mol. The van der Waals surface area contributed by atoms with E-state index in [4.69, 9.17) is 4.98 Å². The first-order valence-corrected chi connectivity index (χ1v) is 12.5. The summed E-state index contributed by atoms with van der Waals surface area (Å²) in [6, 6.07) is 21.5. The van der Waals surface area contributed by atoms with Crippen molar-refractivity contribution in [1.29, 1.82) is 0 Å². The second kappa shape index (κ2) is 11.3. The van der Waals surface area contributed by atoms with Gasteiger partial charge in [-0.05, 0) is 74.5 Å². The van der Waals surface area contributed by atoms with Gasteiger partial charge in [0.05, 0.1) is 11.4 Å². The number of aryl methyl sites for hydroxylation is 1. The van der Waals surface area contributed by atoms with Crippen molar-refractivity contribution in [1.82, 2.24) is 25.2 Å². The molecule has 2 aromatic heterocycles. The Morgan fingerprint density at radius 2 is 1.89 bits per heavy atom. The van der Waals surface area contributed by atoms with Gasteiger partial charge >= 0.3 is 6.03 Å². The van der Waals surface area contributed by atoms with Crippen LogP contribution < -0.4 is 15.5 Å². The summed E-state index contributed by atoms with van der Waals surface area (Å²) in [5.74, 6) is 0.288. The van der Waals surface area contributed by atoms with E-state index in [0.29, 0.717) is 23.1 Å². The van der Waals surface area contributed by atoms with Crippen molar-refractivity contribution in [3.63, 3.8) is 0 Å². The minimum atomic E-state index is -0.334. The van der Waals surface area contributed by atoms with E-state index in [2.05, 4.69) is 44.7 Å². The van der Waals surface area contributed by atoms with E-state index in [-0.39, 0.29) is 12.0 Å². The third-order valence-corrected chi connectivity index (χ3v) is 6.65. The summed E-state index contributed by atoms with van der Waals surface area (Å²) in [7, 11) is 2.16. The standard InChI is InChI=1S/C29H31N7O/c1-21-6-3-4-8-27(21)36(28-32-17-14-26(34-28)23-7-5-15-30-18-23)29(37)33-24-11-9-22(10-12-24)20-35(2)25-13-16-31-19-25/h3-12,14-15,17-18,25,31H,13,16,19-20H2,1-2H3,(H,33,37). The summed E-state index contributed by atoms with van der Waals surface area (Å²) in [6.07, 6.45) is 6.29. The van der Waals surface area contributed by atoms with E-state index >= 15 is 0 Å². The Hall–Kier alpha value is -4.14. The molecule has 2 amide bonds. The summed E-state index contributed by atoms with van der Waals surface area (Å²) >= 11 is 0. The molecule has 188 valence electrons. The molecule has 1 fully saturated rings. The Morgan fingerprint density at radius 1 is 1.05 bits per heavy atom. The maximum Gasteiger partial charge on any atom is 0.333 e. The van der Waals surface area contributed by atoms with Crippen molar-refractivity contribution in [3.8, 4) is 11.3 Å². The van der Waals surface area contributed by atoms with Crippen LogP contribution in [0.25, 0.3) is 11.3 Å². The van der Waals surface area contributed by atoms with Crippen molar-refractivity contribution < 1.29 is 4.79 Å². The minimum Gasteiger partial charge on any atom is -0.315 e. The van der Waals surface area contributed by atoms with Gasteiger partial charge in [0.25, 0.3) is 0 Å². The summed E-state index contributed by atoms with van der Waals surface area (Å²) in [4.78, 5) is 30.9. The van der Waals surface area contributed by atoms with Gasteiger partial charge in [0.1, 0.15) is 0 Å². The number of carbonyl (C=O) groups excluding carboxylic acids is 1. The molecule has 4 aromatic rings. The van der Waals surface area contributed by atoms with Crippen molar-refractivity contribution in [2.75, 3.05) is 30.4 Å². The van der Waals surface area contributed by atoms with Crippen molar-refractivity contribution in [3.05, 3.63) is 96.4 Å². The maximum absolute atomic E-state index is 13.7. The second-order valence-corrected chi connectivity index (χ2v) is 9.29. The third-order valence-electron chi connectivity index (χ3n) is 6.65. The molecule has 1 aliphatic rings.